The average Bonchev–Trinajstić information content (AvgIpc) is 2.15. The third kappa shape index (κ3) is 5.50. The first-order valence-electron chi connectivity index (χ1n) is 4.96. The number of halogens is 2. The SMILES string of the molecule is CC(C)CC[C@H](N)c1ccc(Br)nc1.Cl. The van der Waals surface area contributed by atoms with E-state index >= 15 is 0 Å². The lowest BCUT2D eigenvalue weighted by Gasteiger charge is -2.12. The largest absolute Gasteiger partial charge is 0.324 e. The van der Waals surface area contributed by atoms with Gasteiger partial charge in [-0.3, -0.25) is 0 Å². The Labute approximate surface area is 106 Å². The summed E-state index contributed by atoms with van der Waals surface area (Å²) in [6, 6.07) is 4.09. The van der Waals surface area contributed by atoms with Crippen LogP contribution in [0, 0.1) is 5.92 Å². The van der Waals surface area contributed by atoms with E-state index in [2.05, 4.69) is 34.8 Å². The van der Waals surface area contributed by atoms with Gasteiger partial charge in [0.15, 0.2) is 0 Å². The van der Waals surface area contributed by atoms with Crippen LogP contribution in [0.1, 0.15) is 38.3 Å². The number of nitrogens with zero attached hydrogens (tertiary/aromatic N) is 1. The summed E-state index contributed by atoms with van der Waals surface area (Å²) in [4.78, 5) is 4.16. The van der Waals surface area contributed by atoms with Gasteiger partial charge in [-0.15, -0.1) is 12.4 Å². The lowest BCUT2D eigenvalue weighted by Crippen LogP contribution is -2.11. The van der Waals surface area contributed by atoms with E-state index in [1.807, 2.05) is 18.3 Å². The van der Waals surface area contributed by atoms with Crippen molar-refractivity contribution in [3.63, 3.8) is 0 Å². The molecule has 0 spiro atoms. The van der Waals surface area contributed by atoms with Crippen LogP contribution in [-0.4, -0.2) is 4.98 Å². The van der Waals surface area contributed by atoms with Crippen molar-refractivity contribution in [2.24, 2.45) is 11.7 Å². The molecule has 4 heteroatoms. The van der Waals surface area contributed by atoms with Gasteiger partial charge in [0.25, 0.3) is 0 Å². The molecule has 0 radical (unpaired) electrons. The second-order valence-electron chi connectivity index (χ2n) is 3.99. The maximum Gasteiger partial charge on any atom is 0.106 e. The third-order valence-electron chi connectivity index (χ3n) is 2.23. The van der Waals surface area contributed by atoms with E-state index in [0.717, 1.165) is 23.0 Å². The van der Waals surface area contributed by atoms with Crippen molar-refractivity contribution < 1.29 is 0 Å². The van der Waals surface area contributed by atoms with Crippen molar-refractivity contribution >= 4 is 28.3 Å². The number of hydrogen-bond acceptors (Lipinski definition) is 2. The van der Waals surface area contributed by atoms with Crippen molar-refractivity contribution in [1.82, 2.24) is 4.98 Å². The van der Waals surface area contributed by atoms with Crippen LogP contribution in [-0.2, 0) is 0 Å². The van der Waals surface area contributed by atoms with E-state index in [1.165, 1.54) is 0 Å². The summed E-state index contributed by atoms with van der Waals surface area (Å²) in [6.45, 7) is 4.43. The predicted octanol–water partition coefficient (Wildman–Crippen LogP) is 3.70. The normalized spacial score (nSPS) is 12.3. The third-order valence-corrected chi connectivity index (χ3v) is 2.70. The molecule has 0 aliphatic heterocycles. The van der Waals surface area contributed by atoms with Crippen LogP contribution in [0.25, 0.3) is 0 Å². The molecule has 1 aromatic rings. The lowest BCUT2D eigenvalue weighted by molar-refractivity contribution is 0.506. The number of rotatable bonds is 4. The van der Waals surface area contributed by atoms with Gasteiger partial charge in [-0.25, -0.2) is 4.98 Å². The first kappa shape index (κ1) is 14.9. The molecule has 0 aliphatic rings. The second-order valence-corrected chi connectivity index (χ2v) is 4.80. The molecule has 0 aliphatic carbocycles. The summed E-state index contributed by atoms with van der Waals surface area (Å²) in [6.07, 6.45) is 4.04. The Morgan fingerprint density at radius 3 is 2.47 bits per heavy atom. The Hall–Kier alpha value is -0.120. The zero-order valence-electron chi connectivity index (χ0n) is 9.11. The summed E-state index contributed by atoms with van der Waals surface area (Å²) < 4.78 is 0.859. The predicted molar refractivity (Wildman–Crippen MR) is 70.2 cm³/mol. The Morgan fingerprint density at radius 2 is 2.00 bits per heavy atom. The van der Waals surface area contributed by atoms with Crippen LogP contribution in [0.5, 0.6) is 0 Å². The second kappa shape index (κ2) is 7.20. The van der Waals surface area contributed by atoms with Gasteiger partial charge in [0, 0.05) is 12.2 Å². The quantitative estimate of drug-likeness (QED) is 0.860. The van der Waals surface area contributed by atoms with Crippen LogP contribution in [0.15, 0.2) is 22.9 Å². The zero-order valence-corrected chi connectivity index (χ0v) is 11.5. The van der Waals surface area contributed by atoms with E-state index < -0.39 is 0 Å². The van der Waals surface area contributed by atoms with Crippen molar-refractivity contribution in [3.05, 3.63) is 28.5 Å². The Kier molecular flexibility index (Phi) is 7.14. The van der Waals surface area contributed by atoms with Gasteiger partial charge in [0.05, 0.1) is 0 Å². The highest BCUT2D eigenvalue weighted by molar-refractivity contribution is 9.10. The molecule has 0 unspecified atom stereocenters. The summed E-state index contributed by atoms with van der Waals surface area (Å²) in [7, 11) is 0. The highest BCUT2D eigenvalue weighted by Crippen LogP contribution is 2.18. The molecular formula is C11H18BrClN2. The van der Waals surface area contributed by atoms with Gasteiger partial charge in [-0.2, -0.15) is 0 Å². The fourth-order valence-corrected chi connectivity index (χ4v) is 1.52. The fourth-order valence-electron chi connectivity index (χ4n) is 1.29. The monoisotopic (exact) mass is 292 g/mol. The van der Waals surface area contributed by atoms with E-state index in [-0.39, 0.29) is 18.4 Å². The molecule has 86 valence electrons. The molecule has 0 amide bonds. The van der Waals surface area contributed by atoms with Crippen LogP contribution < -0.4 is 5.73 Å². The molecular weight excluding hydrogens is 275 g/mol. The molecule has 0 aromatic carbocycles. The Bertz CT molecular complexity index is 274. The van der Waals surface area contributed by atoms with Crippen LogP contribution in [0.3, 0.4) is 0 Å². The van der Waals surface area contributed by atoms with Gasteiger partial charge in [0.2, 0.25) is 0 Å². The highest BCUT2D eigenvalue weighted by Gasteiger charge is 2.06. The minimum atomic E-state index is 0. The van der Waals surface area contributed by atoms with Gasteiger partial charge in [-0.1, -0.05) is 19.9 Å². The molecule has 0 saturated heterocycles. The van der Waals surface area contributed by atoms with Crippen molar-refractivity contribution in [2.75, 3.05) is 0 Å². The van der Waals surface area contributed by atoms with Gasteiger partial charge in [0.1, 0.15) is 4.60 Å². The number of hydrogen-bond donors (Lipinski definition) is 1. The Balaban J connectivity index is 0.00000196. The molecule has 1 rings (SSSR count). The molecule has 15 heavy (non-hydrogen) atoms. The van der Waals surface area contributed by atoms with E-state index in [9.17, 15) is 0 Å². The summed E-state index contributed by atoms with van der Waals surface area (Å²) in [5, 5.41) is 0. The lowest BCUT2D eigenvalue weighted by atomic mass is 10.00. The van der Waals surface area contributed by atoms with Crippen LogP contribution in [0.4, 0.5) is 0 Å². The highest BCUT2D eigenvalue weighted by atomic mass is 79.9. The molecule has 2 N–H and O–H groups in total. The molecule has 1 atom stereocenters. The molecule has 1 heterocycles. The summed E-state index contributed by atoms with van der Waals surface area (Å²) >= 11 is 3.30. The summed E-state index contributed by atoms with van der Waals surface area (Å²) in [5.41, 5.74) is 7.16. The maximum absolute atomic E-state index is 6.04. The fraction of sp³-hybridized carbons (Fsp3) is 0.545. The summed E-state index contributed by atoms with van der Waals surface area (Å²) in [5.74, 6) is 0.712. The van der Waals surface area contributed by atoms with Crippen LogP contribution in [0.2, 0.25) is 0 Å². The smallest absolute Gasteiger partial charge is 0.106 e. The number of pyridine rings is 1. The van der Waals surface area contributed by atoms with Crippen molar-refractivity contribution in [2.45, 2.75) is 32.7 Å². The Morgan fingerprint density at radius 1 is 1.33 bits per heavy atom. The zero-order chi connectivity index (χ0) is 10.6. The van der Waals surface area contributed by atoms with E-state index in [4.69, 9.17) is 5.73 Å². The van der Waals surface area contributed by atoms with Gasteiger partial charge >= 0.3 is 0 Å². The molecule has 2 nitrogen and oxygen atoms in total. The minimum absolute atomic E-state index is 0. The first-order valence-corrected chi connectivity index (χ1v) is 5.76. The topological polar surface area (TPSA) is 38.9 Å². The number of aromatic nitrogens is 1. The average molecular weight is 294 g/mol. The van der Waals surface area contributed by atoms with Gasteiger partial charge < -0.3 is 5.73 Å². The maximum atomic E-state index is 6.04. The van der Waals surface area contributed by atoms with Crippen LogP contribution >= 0.6 is 28.3 Å². The standard InChI is InChI=1S/C11H17BrN2.ClH/c1-8(2)3-5-10(13)9-4-6-11(12)14-7-9;/h4,6-8,10H,3,5,13H2,1-2H3;1H/t10-;/m0./s1. The molecule has 0 bridgehead atoms. The number of nitrogens with two attached hydrogens (primary N) is 1. The minimum Gasteiger partial charge on any atom is -0.324 e. The molecule has 0 fully saturated rings. The molecule has 1 aromatic heterocycles. The van der Waals surface area contributed by atoms with E-state index in [0.29, 0.717) is 5.92 Å². The van der Waals surface area contributed by atoms with Gasteiger partial charge in [-0.05, 0) is 46.3 Å². The van der Waals surface area contributed by atoms with Crippen molar-refractivity contribution in [1.29, 1.82) is 0 Å². The van der Waals surface area contributed by atoms with Crippen molar-refractivity contribution in [3.8, 4) is 0 Å². The van der Waals surface area contributed by atoms with E-state index in [1.54, 1.807) is 0 Å². The first-order chi connectivity index (χ1) is 6.59. The molecule has 0 saturated carbocycles.